The molecule has 0 saturated carbocycles. The summed E-state index contributed by atoms with van der Waals surface area (Å²) in [5, 5.41) is 2.87. The molecule has 0 spiro atoms. The first-order valence-corrected chi connectivity index (χ1v) is 6.40. The van der Waals surface area contributed by atoms with Gasteiger partial charge in [-0.15, -0.1) is 0 Å². The van der Waals surface area contributed by atoms with Gasteiger partial charge in [-0.2, -0.15) is 0 Å². The van der Waals surface area contributed by atoms with Gasteiger partial charge in [0.15, 0.2) is 0 Å². The molecule has 0 aromatic heterocycles. The van der Waals surface area contributed by atoms with Crippen LogP contribution in [0.1, 0.15) is 18.4 Å². The molecule has 0 saturated heterocycles. The van der Waals surface area contributed by atoms with E-state index in [1.54, 1.807) is 0 Å². The van der Waals surface area contributed by atoms with E-state index in [0.29, 0.717) is 26.4 Å². The number of para-hydroxylation sites is 1. The molecule has 1 aromatic carbocycles. The van der Waals surface area contributed by atoms with Crippen LogP contribution in [-0.2, 0) is 9.53 Å². The Hall–Kier alpha value is -1.81. The lowest BCUT2D eigenvalue weighted by Crippen LogP contribution is -2.32. The highest BCUT2D eigenvalue weighted by atomic mass is 16.5. The molecule has 1 aliphatic rings. The highest BCUT2D eigenvalue weighted by Gasteiger charge is 2.29. The molecule has 1 aromatic rings. The van der Waals surface area contributed by atoms with Crippen LogP contribution in [0.2, 0.25) is 0 Å². The van der Waals surface area contributed by atoms with E-state index in [9.17, 15) is 4.79 Å². The Balaban J connectivity index is 1.77. The fraction of sp³-hybridized carbons (Fsp3) is 0.400. The Labute approximate surface area is 113 Å². The second-order valence-electron chi connectivity index (χ2n) is 4.70. The van der Waals surface area contributed by atoms with Crippen molar-refractivity contribution in [3.8, 4) is 5.75 Å². The summed E-state index contributed by atoms with van der Waals surface area (Å²) in [4.78, 5) is 12.0. The van der Waals surface area contributed by atoms with Gasteiger partial charge < -0.3 is 14.8 Å². The van der Waals surface area contributed by atoms with Gasteiger partial charge in [-0.05, 0) is 13.0 Å². The zero-order valence-electron chi connectivity index (χ0n) is 11.1. The number of amides is 1. The predicted octanol–water partition coefficient (Wildman–Crippen LogP) is 1.87. The number of carbonyl (C=O) groups excluding carboxylic acids is 1. The van der Waals surface area contributed by atoms with E-state index in [1.807, 2.05) is 31.2 Å². The monoisotopic (exact) mass is 261 g/mol. The molecule has 1 heterocycles. The van der Waals surface area contributed by atoms with Crippen LogP contribution in [0.15, 0.2) is 36.4 Å². The van der Waals surface area contributed by atoms with Crippen molar-refractivity contribution in [2.24, 2.45) is 0 Å². The second-order valence-corrected chi connectivity index (χ2v) is 4.70. The molecular formula is C15H19NO3. The van der Waals surface area contributed by atoms with Gasteiger partial charge in [0.25, 0.3) is 0 Å². The van der Waals surface area contributed by atoms with Crippen LogP contribution in [0.3, 0.4) is 0 Å². The highest BCUT2D eigenvalue weighted by Crippen LogP contribution is 2.33. The Morgan fingerprint density at radius 1 is 1.53 bits per heavy atom. The van der Waals surface area contributed by atoms with Crippen molar-refractivity contribution in [1.29, 1.82) is 0 Å². The minimum absolute atomic E-state index is 0.0103. The summed E-state index contributed by atoms with van der Waals surface area (Å²) < 4.78 is 10.8. The number of hydrogen-bond acceptors (Lipinski definition) is 3. The lowest BCUT2D eigenvalue weighted by Gasteiger charge is -2.10. The molecule has 0 bridgehead atoms. The van der Waals surface area contributed by atoms with Crippen LogP contribution >= 0.6 is 0 Å². The van der Waals surface area contributed by atoms with Gasteiger partial charge in [-0.1, -0.05) is 30.4 Å². The van der Waals surface area contributed by atoms with E-state index in [0.717, 1.165) is 16.9 Å². The van der Waals surface area contributed by atoms with Crippen LogP contribution in [-0.4, -0.2) is 32.3 Å². The molecule has 1 N–H and O–H groups in total. The van der Waals surface area contributed by atoms with Gasteiger partial charge in [-0.3, -0.25) is 4.79 Å². The minimum Gasteiger partial charge on any atom is -0.492 e. The fourth-order valence-corrected chi connectivity index (χ4v) is 2.00. The quantitative estimate of drug-likeness (QED) is 0.628. The molecule has 1 atom stereocenters. The summed E-state index contributed by atoms with van der Waals surface area (Å²) in [6.45, 7) is 7.60. The lowest BCUT2D eigenvalue weighted by atomic mass is 10.0. The number of fused-ring (bicyclic) bond motifs is 1. The van der Waals surface area contributed by atoms with Gasteiger partial charge in [0, 0.05) is 12.1 Å². The van der Waals surface area contributed by atoms with E-state index < -0.39 is 0 Å². The standard InChI is InChI=1S/C15H19NO3/c1-11(2)9-18-8-7-16-15(17)13-10-19-14-6-4-3-5-12(13)14/h3-6,13H,1,7-10H2,2H3,(H,16,17). The zero-order chi connectivity index (χ0) is 13.7. The third-order valence-corrected chi connectivity index (χ3v) is 2.91. The minimum atomic E-state index is -0.211. The van der Waals surface area contributed by atoms with Crippen molar-refractivity contribution in [2.45, 2.75) is 12.8 Å². The Bertz CT molecular complexity index is 470. The Morgan fingerprint density at radius 3 is 3.11 bits per heavy atom. The van der Waals surface area contributed by atoms with Gasteiger partial charge in [0.2, 0.25) is 5.91 Å². The van der Waals surface area contributed by atoms with Gasteiger partial charge in [-0.25, -0.2) is 0 Å². The average molecular weight is 261 g/mol. The fourth-order valence-electron chi connectivity index (χ4n) is 2.00. The summed E-state index contributed by atoms with van der Waals surface area (Å²) in [7, 11) is 0. The molecule has 1 amide bonds. The summed E-state index contributed by atoms with van der Waals surface area (Å²) in [6, 6.07) is 7.65. The third-order valence-electron chi connectivity index (χ3n) is 2.91. The van der Waals surface area contributed by atoms with Crippen molar-refractivity contribution in [3.05, 3.63) is 42.0 Å². The molecule has 102 valence electrons. The van der Waals surface area contributed by atoms with E-state index in [2.05, 4.69) is 11.9 Å². The summed E-state index contributed by atoms with van der Waals surface area (Å²) in [5.41, 5.74) is 1.94. The normalized spacial score (nSPS) is 16.6. The van der Waals surface area contributed by atoms with Crippen LogP contribution in [0.4, 0.5) is 0 Å². The molecule has 4 nitrogen and oxygen atoms in total. The van der Waals surface area contributed by atoms with E-state index in [-0.39, 0.29) is 11.8 Å². The van der Waals surface area contributed by atoms with Crippen LogP contribution in [0.5, 0.6) is 5.75 Å². The van der Waals surface area contributed by atoms with Gasteiger partial charge in [0.1, 0.15) is 18.3 Å². The maximum Gasteiger partial charge on any atom is 0.231 e. The Kier molecular flexibility index (Phi) is 4.58. The first kappa shape index (κ1) is 13.6. The zero-order valence-corrected chi connectivity index (χ0v) is 11.1. The number of carbonyl (C=O) groups is 1. The SMILES string of the molecule is C=C(C)COCCNC(=O)C1COc2ccccc21. The lowest BCUT2D eigenvalue weighted by molar-refractivity contribution is -0.122. The Morgan fingerprint density at radius 2 is 2.32 bits per heavy atom. The van der Waals surface area contributed by atoms with Crippen molar-refractivity contribution >= 4 is 5.91 Å². The largest absolute Gasteiger partial charge is 0.492 e. The maximum absolute atomic E-state index is 12.0. The van der Waals surface area contributed by atoms with E-state index >= 15 is 0 Å². The van der Waals surface area contributed by atoms with E-state index in [1.165, 1.54) is 0 Å². The van der Waals surface area contributed by atoms with Crippen molar-refractivity contribution in [3.63, 3.8) is 0 Å². The first-order chi connectivity index (χ1) is 9.18. The molecule has 0 radical (unpaired) electrons. The smallest absolute Gasteiger partial charge is 0.231 e. The van der Waals surface area contributed by atoms with Crippen LogP contribution < -0.4 is 10.1 Å². The molecule has 2 rings (SSSR count). The number of hydrogen-bond donors (Lipinski definition) is 1. The summed E-state index contributed by atoms with van der Waals surface area (Å²) in [5.74, 6) is 0.586. The molecule has 1 aliphatic heterocycles. The van der Waals surface area contributed by atoms with Crippen LogP contribution in [0.25, 0.3) is 0 Å². The highest BCUT2D eigenvalue weighted by molar-refractivity contribution is 5.85. The summed E-state index contributed by atoms with van der Waals surface area (Å²) >= 11 is 0. The number of benzene rings is 1. The molecule has 0 aliphatic carbocycles. The second kappa shape index (κ2) is 6.38. The number of rotatable bonds is 6. The number of ether oxygens (including phenoxy) is 2. The van der Waals surface area contributed by atoms with Crippen LogP contribution in [0, 0.1) is 0 Å². The van der Waals surface area contributed by atoms with Gasteiger partial charge >= 0.3 is 0 Å². The van der Waals surface area contributed by atoms with Crippen molar-refractivity contribution in [1.82, 2.24) is 5.32 Å². The topological polar surface area (TPSA) is 47.6 Å². The third kappa shape index (κ3) is 3.58. The van der Waals surface area contributed by atoms with Crippen molar-refractivity contribution < 1.29 is 14.3 Å². The van der Waals surface area contributed by atoms with Crippen molar-refractivity contribution in [2.75, 3.05) is 26.4 Å². The first-order valence-electron chi connectivity index (χ1n) is 6.40. The summed E-state index contributed by atoms with van der Waals surface area (Å²) in [6.07, 6.45) is 0. The molecule has 19 heavy (non-hydrogen) atoms. The van der Waals surface area contributed by atoms with Gasteiger partial charge in [0.05, 0.1) is 13.2 Å². The number of nitrogens with one attached hydrogen (secondary N) is 1. The predicted molar refractivity (Wildman–Crippen MR) is 73.3 cm³/mol. The molecule has 4 heteroatoms. The average Bonchev–Trinajstić information content (AvgIpc) is 2.81. The maximum atomic E-state index is 12.0. The van der Waals surface area contributed by atoms with E-state index in [4.69, 9.17) is 9.47 Å². The molecular weight excluding hydrogens is 242 g/mol. The molecule has 1 unspecified atom stereocenters. The molecule has 0 fully saturated rings.